The Morgan fingerprint density at radius 2 is 1.69 bits per heavy atom. The molecule has 2 fully saturated rings. The third kappa shape index (κ3) is 5.73. The summed E-state index contributed by atoms with van der Waals surface area (Å²) in [7, 11) is -5.85. The van der Waals surface area contributed by atoms with Gasteiger partial charge in [0.1, 0.15) is 0 Å². The van der Waals surface area contributed by atoms with Gasteiger partial charge in [-0.15, -0.1) is 0 Å². The molecule has 2 aromatic carbocycles. The topological polar surface area (TPSA) is 79.6 Å². The third-order valence-corrected chi connectivity index (χ3v) is 7.71. The first kappa shape index (κ1) is 25.3. The van der Waals surface area contributed by atoms with Crippen molar-refractivity contribution in [2.75, 3.05) is 13.1 Å². The highest BCUT2D eigenvalue weighted by Crippen LogP contribution is 2.42. The van der Waals surface area contributed by atoms with E-state index in [0.717, 1.165) is 19.4 Å². The zero-order valence-corrected chi connectivity index (χ0v) is 19.9. The van der Waals surface area contributed by atoms with Crippen LogP contribution >= 0.6 is 0 Å². The van der Waals surface area contributed by atoms with Gasteiger partial charge in [0.25, 0.3) is 0 Å². The molecule has 0 N–H and O–H groups in total. The smallest absolute Gasteiger partial charge is 0.486 e. The lowest BCUT2D eigenvalue weighted by atomic mass is 9.74. The minimum atomic E-state index is -5.85. The summed E-state index contributed by atoms with van der Waals surface area (Å²) < 4.78 is 72.4. The van der Waals surface area contributed by atoms with Crippen molar-refractivity contribution >= 4 is 10.1 Å². The van der Waals surface area contributed by atoms with Crippen molar-refractivity contribution in [3.05, 3.63) is 59.7 Å². The average molecular weight is 509 g/mol. The molecule has 6 nitrogen and oxygen atoms in total. The zero-order valence-electron chi connectivity index (χ0n) is 19.1. The Morgan fingerprint density at radius 3 is 2.29 bits per heavy atom. The van der Waals surface area contributed by atoms with Crippen LogP contribution in [0.4, 0.5) is 13.2 Å². The number of alkyl halides is 3. The summed E-state index contributed by atoms with van der Waals surface area (Å²) in [5.74, 6) is -0.601. The van der Waals surface area contributed by atoms with Gasteiger partial charge in [0.2, 0.25) is 0 Å². The number of hydrogen-bond acceptors (Lipinski definition) is 6. The second-order valence-electron chi connectivity index (χ2n) is 9.12. The summed E-state index contributed by atoms with van der Waals surface area (Å²) in [5.41, 5.74) is -4.65. The van der Waals surface area contributed by atoms with Gasteiger partial charge in [-0.3, -0.25) is 4.90 Å². The number of ether oxygens (including phenoxy) is 1. The molecule has 0 aromatic heterocycles. The number of nitrogens with zero attached hydrogens (tertiary/aromatic N) is 2. The molecule has 1 aliphatic carbocycles. The van der Waals surface area contributed by atoms with Gasteiger partial charge in [-0.05, 0) is 61.8 Å². The van der Waals surface area contributed by atoms with Crippen LogP contribution in [0.5, 0.6) is 11.5 Å². The number of nitriles is 1. The first-order valence-electron chi connectivity index (χ1n) is 11.6. The molecule has 4 rings (SSSR count). The van der Waals surface area contributed by atoms with Crippen LogP contribution in [-0.4, -0.2) is 38.0 Å². The number of rotatable bonds is 7. The van der Waals surface area contributed by atoms with Crippen LogP contribution in [0.15, 0.2) is 48.5 Å². The molecule has 0 radical (unpaired) electrons. The Balaban J connectivity index is 1.58. The molecular weight excluding hydrogens is 481 g/mol. The van der Waals surface area contributed by atoms with Crippen molar-refractivity contribution in [2.24, 2.45) is 0 Å². The van der Waals surface area contributed by atoms with Crippen molar-refractivity contribution in [1.82, 2.24) is 4.90 Å². The van der Waals surface area contributed by atoms with Crippen molar-refractivity contribution in [3.63, 3.8) is 0 Å². The summed E-state index contributed by atoms with van der Waals surface area (Å²) in [4.78, 5) is 2.26. The van der Waals surface area contributed by atoms with E-state index in [4.69, 9.17) is 4.74 Å². The lowest BCUT2D eigenvalue weighted by Crippen LogP contribution is -2.41. The third-order valence-electron chi connectivity index (χ3n) is 6.75. The molecule has 10 heteroatoms. The van der Waals surface area contributed by atoms with Gasteiger partial charge in [0, 0.05) is 19.6 Å². The number of likely N-dealkylation sites (tertiary alicyclic amines) is 1. The van der Waals surface area contributed by atoms with E-state index < -0.39 is 26.8 Å². The Bertz CT molecular complexity index is 1170. The van der Waals surface area contributed by atoms with Crippen LogP contribution < -0.4 is 8.92 Å². The number of benzene rings is 2. The second-order valence-corrected chi connectivity index (χ2v) is 10.7. The molecule has 0 atom stereocenters. The van der Waals surface area contributed by atoms with Crippen LogP contribution in [0, 0.1) is 11.3 Å². The molecule has 0 bridgehead atoms. The Morgan fingerprint density at radius 1 is 1.03 bits per heavy atom. The van der Waals surface area contributed by atoms with Crippen LogP contribution in [0.2, 0.25) is 0 Å². The molecule has 2 aliphatic rings. The van der Waals surface area contributed by atoms with E-state index in [1.54, 1.807) is 0 Å². The summed E-state index contributed by atoms with van der Waals surface area (Å²) in [5, 5.41) is 10.1. The van der Waals surface area contributed by atoms with E-state index in [1.165, 1.54) is 23.8 Å². The van der Waals surface area contributed by atoms with Crippen molar-refractivity contribution in [3.8, 4) is 17.6 Å². The molecule has 0 unspecified atom stereocenters. The minimum Gasteiger partial charge on any atom is -0.486 e. The Labute approximate surface area is 203 Å². The molecule has 0 amide bonds. The maximum absolute atomic E-state index is 12.9. The maximum Gasteiger partial charge on any atom is 0.534 e. The van der Waals surface area contributed by atoms with Gasteiger partial charge in [0.05, 0.1) is 17.6 Å². The summed E-state index contributed by atoms with van der Waals surface area (Å²) >= 11 is 0. The van der Waals surface area contributed by atoms with Crippen molar-refractivity contribution in [1.29, 1.82) is 5.26 Å². The minimum absolute atomic E-state index is 0.0800. The molecule has 1 heterocycles. The highest BCUT2D eigenvalue weighted by Gasteiger charge is 2.49. The lowest BCUT2D eigenvalue weighted by molar-refractivity contribution is -0.0500. The quantitative estimate of drug-likeness (QED) is 0.373. The van der Waals surface area contributed by atoms with Crippen molar-refractivity contribution in [2.45, 2.75) is 62.1 Å². The molecule has 2 aromatic rings. The molecule has 188 valence electrons. The van der Waals surface area contributed by atoms with Crippen molar-refractivity contribution < 1.29 is 30.5 Å². The van der Waals surface area contributed by atoms with Gasteiger partial charge in [-0.1, -0.05) is 36.4 Å². The fourth-order valence-electron chi connectivity index (χ4n) is 4.72. The predicted molar refractivity (Wildman–Crippen MR) is 123 cm³/mol. The van der Waals surface area contributed by atoms with Gasteiger partial charge in [0.15, 0.2) is 11.5 Å². The van der Waals surface area contributed by atoms with E-state index in [0.29, 0.717) is 44.3 Å². The summed E-state index contributed by atoms with van der Waals surface area (Å²) in [6.07, 6.45) is 4.08. The van der Waals surface area contributed by atoms with E-state index in [1.807, 2.05) is 30.3 Å². The summed E-state index contributed by atoms with van der Waals surface area (Å²) in [6.45, 7) is 2.10. The van der Waals surface area contributed by atoms with Crippen LogP contribution in [0.1, 0.15) is 49.7 Å². The molecule has 1 saturated carbocycles. The standard InChI is InChI=1S/C25H27F3N2O4S/c26-25(27,28)35(31,32)34-22-11-10-20(16-23(22)33-21-8-4-5-9-21)24(18-29)12-14-30(15-13-24)17-19-6-2-1-3-7-19/h1-3,6-7,10-11,16,21H,4-5,8-9,12-15,17H2. The summed E-state index contributed by atoms with van der Waals surface area (Å²) in [6, 6.07) is 16.5. The Kier molecular flexibility index (Phi) is 7.29. The SMILES string of the molecule is N#CC1(c2ccc(OS(=O)(=O)C(F)(F)F)c(OC3CCCC3)c2)CCN(Cc2ccccc2)CC1. The lowest BCUT2D eigenvalue weighted by Gasteiger charge is -2.38. The van der Waals surface area contributed by atoms with Gasteiger partial charge >= 0.3 is 15.6 Å². The molecule has 1 aliphatic heterocycles. The van der Waals surface area contributed by atoms with E-state index in [9.17, 15) is 26.9 Å². The highest BCUT2D eigenvalue weighted by atomic mass is 32.2. The van der Waals surface area contributed by atoms with Crippen LogP contribution in [0.3, 0.4) is 0 Å². The highest BCUT2D eigenvalue weighted by molar-refractivity contribution is 7.88. The van der Waals surface area contributed by atoms with Gasteiger partial charge < -0.3 is 8.92 Å². The van der Waals surface area contributed by atoms with E-state index in [-0.39, 0.29) is 11.9 Å². The van der Waals surface area contributed by atoms with Crippen LogP contribution in [0.25, 0.3) is 0 Å². The molecular formula is C25H27F3N2O4S. The largest absolute Gasteiger partial charge is 0.534 e. The van der Waals surface area contributed by atoms with Crippen LogP contribution in [-0.2, 0) is 22.1 Å². The molecule has 0 spiro atoms. The average Bonchev–Trinajstić information content (AvgIpc) is 3.34. The second kappa shape index (κ2) is 10.1. The fraction of sp³-hybridized carbons (Fsp3) is 0.480. The van der Waals surface area contributed by atoms with E-state index in [2.05, 4.69) is 15.2 Å². The normalized spacial score (nSPS) is 19.3. The number of halogens is 3. The molecule has 1 saturated heterocycles. The van der Waals surface area contributed by atoms with Gasteiger partial charge in [-0.2, -0.15) is 26.9 Å². The molecule has 35 heavy (non-hydrogen) atoms. The number of hydrogen-bond donors (Lipinski definition) is 0. The first-order valence-corrected chi connectivity index (χ1v) is 13.0. The predicted octanol–water partition coefficient (Wildman–Crippen LogP) is 5.29. The zero-order chi connectivity index (χ0) is 25.1. The Hall–Kier alpha value is -2.77. The van der Waals surface area contributed by atoms with E-state index >= 15 is 0 Å². The first-order chi connectivity index (χ1) is 16.6. The fourth-order valence-corrected chi connectivity index (χ4v) is 5.19. The monoisotopic (exact) mass is 508 g/mol. The number of piperidine rings is 1. The van der Waals surface area contributed by atoms with Gasteiger partial charge in [-0.25, -0.2) is 0 Å². The maximum atomic E-state index is 12.9.